The van der Waals surface area contributed by atoms with Crippen molar-refractivity contribution in [3.63, 3.8) is 0 Å². The molecule has 0 spiro atoms. The molecule has 0 aromatic rings. The van der Waals surface area contributed by atoms with Gasteiger partial charge in [0.2, 0.25) is 0 Å². The molecule has 0 saturated heterocycles. The highest BCUT2D eigenvalue weighted by molar-refractivity contribution is 6.05. The van der Waals surface area contributed by atoms with Gasteiger partial charge in [-0.15, -0.1) is 0 Å². The molecule has 0 fully saturated rings. The van der Waals surface area contributed by atoms with Crippen molar-refractivity contribution in [2.45, 2.75) is 13.8 Å². The topological polar surface area (TPSA) is 84.2 Å². The highest BCUT2D eigenvalue weighted by atomic mass is 19.1. The van der Waals surface area contributed by atoms with Crippen LogP contribution in [0.4, 0.5) is 9.18 Å². The van der Waals surface area contributed by atoms with Crippen LogP contribution in [0.15, 0.2) is 37.0 Å². The van der Waals surface area contributed by atoms with Gasteiger partial charge in [-0.1, -0.05) is 45.2 Å². The normalized spacial score (nSPS) is 8.41. The van der Waals surface area contributed by atoms with E-state index in [0.717, 1.165) is 0 Å². The first-order chi connectivity index (χ1) is 8.15. The summed E-state index contributed by atoms with van der Waals surface area (Å²) in [7, 11) is 0.500. The first kappa shape index (κ1) is 20.5. The number of alkyl halides is 1. The molecule has 0 aromatic carbocycles. The second kappa shape index (κ2) is 16.5. The van der Waals surface area contributed by atoms with E-state index in [4.69, 9.17) is 5.84 Å². The van der Waals surface area contributed by atoms with Gasteiger partial charge in [-0.05, 0) is 0 Å². The summed E-state index contributed by atoms with van der Waals surface area (Å²) >= 11 is 0. The number of rotatable bonds is 3. The Kier molecular flexibility index (Phi) is 19.8. The van der Waals surface area contributed by atoms with Crippen molar-refractivity contribution in [2.24, 2.45) is 5.84 Å². The highest BCUT2D eigenvalue weighted by Gasteiger charge is 2.07. The Balaban J connectivity index is -0.000000439. The fourth-order valence-corrected chi connectivity index (χ4v) is 0.575. The molecule has 17 heavy (non-hydrogen) atoms. The number of carbonyl (C=O) groups is 2. The third kappa shape index (κ3) is 12.0. The second-order valence-electron chi connectivity index (χ2n) is 1.99. The third-order valence-corrected chi connectivity index (χ3v) is 1.14. The van der Waals surface area contributed by atoms with Gasteiger partial charge >= 0.3 is 6.03 Å². The summed E-state index contributed by atoms with van der Waals surface area (Å²) in [4.78, 5) is 21.7. The van der Waals surface area contributed by atoms with Crippen LogP contribution in [0.2, 0.25) is 0 Å². The molecule has 4 N–H and O–H groups in total. The van der Waals surface area contributed by atoms with E-state index in [1.807, 2.05) is 19.2 Å². The number of hydrogen-bond donors (Lipinski definition) is 3. The minimum Gasteiger partial charge on any atom is -0.276 e. The number of hydrazine groups is 1. The molecule has 0 aliphatic carbocycles. The van der Waals surface area contributed by atoms with Crippen LogP contribution in [0, 0.1) is 0 Å². The number of urea groups is 1. The van der Waals surface area contributed by atoms with Crippen molar-refractivity contribution in [3.05, 3.63) is 37.0 Å². The van der Waals surface area contributed by atoms with E-state index in [1.54, 1.807) is 5.43 Å². The van der Waals surface area contributed by atoms with Gasteiger partial charge in [-0.3, -0.25) is 19.9 Å². The number of nitrogens with two attached hydrogens (primary N) is 1. The Bertz CT molecular complexity index is 276. The molecule has 0 saturated carbocycles. The fourth-order valence-electron chi connectivity index (χ4n) is 0.575. The molecule has 0 radical (unpaired) electrons. The monoisotopic (exact) mass is 245 g/mol. The number of hydrogen-bond acceptors (Lipinski definition) is 3. The maximum Gasteiger partial charge on any atom is 0.335 e. The Hall–Kier alpha value is -1.95. The Morgan fingerprint density at radius 1 is 1.24 bits per heavy atom. The van der Waals surface area contributed by atoms with Crippen LogP contribution in [0.5, 0.6) is 0 Å². The molecule has 0 bridgehead atoms. The van der Waals surface area contributed by atoms with Gasteiger partial charge in [0.15, 0.2) is 0 Å². The van der Waals surface area contributed by atoms with E-state index in [-0.39, 0.29) is 5.57 Å². The zero-order chi connectivity index (χ0) is 14.3. The fraction of sp³-hybridized carbons (Fsp3) is 0.273. The molecule has 0 unspecified atom stereocenters. The Morgan fingerprint density at radius 3 is 2.00 bits per heavy atom. The van der Waals surface area contributed by atoms with Crippen LogP contribution < -0.4 is 16.6 Å². The lowest BCUT2D eigenvalue weighted by Gasteiger charge is -2.02. The van der Waals surface area contributed by atoms with E-state index >= 15 is 0 Å². The molecular weight excluding hydrogens is 225 g/mol. The average molecular weight is 245 g/mol. The predicted octanol–water partition coefficient (Wildman–Crippen LogP) is 1.60. The third-order valence-electron chi connectivity index (χ3n) is 1.14. The summed E-state index contributed by atoms with van der Waals surface area (Å²) in [6.07, 6.45) is 4.14. The van der Waals surface area contributed by atoms with Gasteiger partial charge in [0.25, 0.3) is 5.91 Å². The molecular formula is C11H20FN3O2. The zero-order valence-corrected chi connectivity index (χ0v) is 10.4. The summed E-state index contributed by atoms with van der Waals surface area (Å²) in [5.41, 5.74) is 1.99. The lowest BCUT2D eigenvalue weighted by atomic mass is 10.2. The van der Waals surface area contributed by atoms with Crippen molar-refractivity contribution in [1.82, 2.24) is 10.7 Å². The van der Waals surface area contributed by atoms with Crippen molar-refractivity contribution in [1.29, 1.82) is 0 Å². The zero-order valence-electron chi connectivity index (χ0n) is 10.4. The molecule has 0 aliphatic rings. The number of amides is 3. The summed E-state index contributed by atoms with van der Waals surface area (Å²) in [5, 5.41) is 1.96. The molecule has 0 atom stereocenters. The summed E-state index contributed by atoms with van der Waals surface area (Å²) in [5.74, 6) is 4.17. The lowest BCUT2D eigenvalue weighted by Crippen LogP contribution is -2.43. The molecule has 0 heterocycles. The SMILES string of the molecule is C=C/C=C(\C=C)C(=O)NC(=O)NN.CC.CF. The summed E-state index contributed by atoms with van der Waals surface area (Å²) in [6, 6.07) is -0.776. The maximum absolute atomic E-state index is 11.1. The van der Waals surface area contributed by atoms with Crippen molar-refractivity contribution in [3.8, 4) is 0 Å². The lowest BCUT2D eigenvalue weighted by molar-refractivity contribution is -0.116. The van der Waals surface area contributed by atoms with Gasteiger partial charge in [0.05, 0.1) is 7.18 Å². The van der Waals surface area contributed by atoms with Crippen LogP contribution >= 0.6 is 0 Å². The van der Waals surface area contributed by atoms with E-state index in [1.165, 1.54) is 18.2 Å². The summed E-state index contributed by atoms with van der Waals surface area (Å²) < 4.78 is 9.50. The van der Waals surface area contributed by atoms with Crippen LogP contribution in [0.3, 0.4) is 0 Å². The quantitative estimate of drug-likeness (QED) is 0.232. The molecule has 98 valence electrons. The summed E-state index contributed by atoms with van der Waals surface area (Å²) in [6.45, 7) is 10.8. The molecule has 0 aromatic heterocycles. The molecule has 0 rings (SSSR count). The number of nitrogens with one attached hydrogen (secondary N) is 2. The predicted molar refractivity (Wildman–Crippen MR) is 67.7 cm³/mol. The number of carbonyl (C=O) groups excluding carboxylic acids is 2. The van der Waals surface area contributed by atoms with Crippen molar-refractivity contribution < 1.29 is 14.0 Å². The smallest absolute Gasteiger partial charge is 0.276 e. The van der Waals surface area contributed by atoms with E-state index in [2.05, 4.69) is 13.2 Å². The van der Waals surface area contributed by atoms with Crippen molar-refractivity contribution >= 4 is 11.9 Å². The number of halogens is 1. The van der Waals surface area contributed by atoms with Gasteiger partial charge in [0, 0.05) is 5.57 Å². The van der Waals surface area contributed by atoms with Gasteiger partial charge in [0.1, 0.15) is 0 Å². The van der Waals surface area contributed by atoms with E-state index in [9.17, 15) is 14.0 Å². The van der Waals surface area contributed by atoms with Gasteiger partial charge < -0.3 is 0 Å². The minimum absolute atomic E-state index is 0.235. The van der Waals surface area contributed by atoms with Crippen LogP contribution in [0.25, 0.3) is 0 Å². The Labute approximate surface area is 101 Å². The van der Waals surface area contributed by atoms with Gasteiger partial charge in [-0.25, -0.2) is 10.6 Å². The largest absolute Gasteiger partial charge is 0.335 e. The first-order valence-electron chi connectivity index (χ1n) is 4.80. The van der Waals surface area contributed by atoms with E-state index < -0.39 is 11.9 Å². The first-order valence-corrected chi connectivity index (χ1v) is 4.80. The number of imide groups is 1. The second-order valence-corrected chi connectivity index (χ2v) is 1.99. The van der Waals surface area contributed by atoms with Crippen LogP contribution in [-0.2, 0) is 4.79 Å². The minimum atomic E-state index is -0.776. The molecule has 0 aliphatic heterocycles. The van der Waals surface area contributed by atoms with E-state index in [0.29, 0.717) is 7.18 Å². The van der Waals surface area contributed by atoms with Gasteiger partial charge in [-0.2, -0.15) is 0 Å². The Morgan fingerprint density at radius 2 is 1.71 bits per heavy atom. The van der Waals surface area contributed by atoms with Crippen molar-refractivity contribution in [2.75, 3.05) is 7.18 Å². The molecule has 3 amide bonds. The van der Waals surface area contributed by atoms with Crippen LogP contribution in [-0.4, -0.2) is 19.1 Å². The standard InChI is InChI=1S/C8H11N3O2.C2H6.CH3F/c1-3-5-6(4-2)7(12)10-8(13)11-9;2*1-2/h3-5H,1-2,9H2,(H2,10,11,12,13);1-2H3;1H3/b6-5+;;. The maximum atomic E-state index is 11.1. The average Bonchev–Trinajstić information content (AvgIpc) is 2.40. The molecule has 5 nitrogen and oxygen atoms in total. The number of allylic oxidation sites excluding steroid dienone is 2. The highest BCUT2D eigenvalue weighted by Crippen LogP contribution is 1.95. The van der Waals surface area contributed by atoms with Crippen LogP contribution in [0.1, 0.15) is 13.8 Å². The molecule has 6 heteroatoms.